The Kier molecular flexibility index (Phi) is 5.39. The van der Waals surface area contributed by atoms with Crippen molar-refractivity contribution in [2.75, 3.05) is 19.7 Å². The van der Waals surface area contributed by atoms with Crippen LogP contribution in [-0.4, -0.2) is 32.0 Å². The quantitative estimate of drug-likeness (QED) is 0.726. The monoisotopic (exact) mass is 225 g/mol. The molecule has 1 saturated heterocycles. The number of alkyl halides is 3. The molecule has 0 bridgehead atoms. The zero-order chi connectivity index (χ0) is 11.1. The lowest BCUT2D eigenvalue weighted by Crippen LogP contribution is -2.30. The smallest absolute Gasteiger partial charge is 0.378 e. The molecule has 5 heteroatoms. The van der Waals surface area contributed by atoms with Gasteiger partial charge in [-0.2, -0.15) is 13.2 Å². The molecular formula is C10H18F3NO. The molecule has 0 aromatic rings. The molecule has 2 nitrogen and oxygen atoms in total. The van der Waals surface area contributed by atoms with Crippen molar-refractivity contribution in [2.45, 2.75) is 44.4 Å². The van der Waals surface area contributed by atoms with Crippen LogP contribution >= 0.6 is 0 Å². The fourth-order valence-corrected chi connectivity index (χ4v) is 1.72. The second kappa shape index (κ2) is 6.33. The third kappa shape index (κ3) is 6.73. The highest BCUT2D eigenvalue weighted by atomic mass is 19.4. The van der Waals surface area contributed by atoms with Crippen LogP contribution in [0.5, 0.6) is 0 Å². The van der Waals surface area contributed by atoms with E-state index in [2.05, 4.69) is 5.32 Å². The Hall–Kier alpha value is -0.290. The van der Waals surface area contributed by atoms with Gasteiger partial charge in [0.25, 0.3) is 0 Å². The molecule has 0 aromatic carbocycles. The van der Waals surface area contributed by atoms with Crippen LogP contribution in [0.2, 0.25) is 0 Å². The zero-order valence-electron chi connectivity index (χ0n) is 8.78. The van der Waals surface area contributed by atoms with E-state index in [1.807, 2.05) is 0 Å². The third-order valence-corrected chi connectivity index (χ3v) is 2.48. The highest BCUT2D eigenvalue weighted by molar-refractivity contribution is 4.64. The Balaban J connectivity index is 1.92. The van der Waals surface area contributed by atoms with Crippen LogP contribution in [0, 0.1) is 0 Å². The summed E-state index contributed by atoms with van der Waals surface area (Å²) in [6, 6.07) is 0. The van der Waals surface area contributed by atoms with E-state index < -0.39 is 12.7 Å². The maximum Gasteiger partial charge on any atom is 0.401 e. The van der Waals surface area contributed by atoms with Crippen molar-refractivity contribution >= 4 is 0 Å². The van der Waals surface area contributed by atoms with Gasteiger partial charge in [-0.25, -0.2) is 0 Å². The summed E-state index contributed by atoms with van der Waals surface area (Å²) in [6.07, 6.45) is 1.14. The fraction of sp³-hybridized carbons (Fsp3) is 1.00. The van der Waals surface area contributed by atoms with E-state index in [4.69, 9.17) is 4.74 Å². The zero-order valence-corrected chi connectivity index (χ0v) is 8.78. The molecule has 1 unspecified atom stereocenters. The number of ether oxygens (including phenoxy) is 1. The molecule has 0 radical (unpaired) electrons. The number of rotatable bonds is 5. The predicted molar refractivity (Wildman–Crippen MR) is 51.7 cm³/mol. The van der Waals surface area contributed by atoms with Gasteiger partial charge in [0.15, 0.2) is 0 Å². The van der Waals surface area contributed by atoms with Crippen LogP contribution in [0.15, 0.2) is 0 Å². The first-order valence-corrected chi connectivity index (χ1v) is 5.47. The first-order chi connectivity index (χ1) is 7.08. The van der Waals surface area contributed by atoms with Gasteiger partial charge < -0.3 is 10.1 Å². The van der Waals surface area contributed by atoms with Gasteiger partial charge in [0.1, 0.15) is 0 Å². The van der Waals surface area contributed by atoms with E-state index in [9.17, 15) is 13.2 Å². The van der Waals surface area contributed by atoms with E-state index in [1.165, 1.54) is 6.42 Å². The average Bonchev–Trinajstić information content (AvgIpc) is 2.17. The summed E-state index contributed by atoms with van der Waals surface area (Å²) < 4.78 is 40.7. The van der Waals surface area contributed by atoms with Crippen LogP contribution in [0.25, 0.3) is 0 Å². The Morgan fingerprint density at radius 3 is 2.67 bits per heavy atom. The number of halogens is 3. The van der Waals surface area contributed by atoms with E-state index >= 15 is 0 Å². The van der Waals surface area contributed by atoms with Gasteiger partial charge in [0.2, 0.25) is 0 Å². The molecule has 1 atom stereocenters. The van der Waals surface area contributed by atoms with Crippen molar-refractivity contribution in [1.82, 2.24) is 5.32 Å². The van der Waals surface area contributed by atoms with Gasteiger partial charge in [-0.1, -0.05) is 0 Å². The van der Waals surface area contributed by atoms with E-state index in [0.717, 1.165) is 32.3 Å². The summed E-state index contributed by atoms with van der Waals surface area (Å²) in [7, 11) is 0. The van der Waals surface area contributed by atoms with Crippen molar-refractivity contribution in [3.8, 4) is 0 Å². The minimum Gasteiger partial charge on any atom is -0.378 e. The Labute approximate surface area is 88.2 Å². The fourth-order valence-electron chi connectivity index (χ4n) is 1.72. The molecule has 0 saturated carbocycles. The van der Waals surface area contributed by atoms with Gasteiger partial charge in [-0.05, 0) is 38.6 Å². The molecule has 0 spiro atoms. The van der Waals surface area contributed by atoms with Crippen molar-refractivity contribution in [3.05, 3.63) is 0 Å². The topological polar surface area (TPSA) is 21.3 Å². The van der Waals surface area contributed by atoms with E-state index in [1.54, 1.807) is 0 Å². The van der Waals surface area contributed by atoms with Gasteiger partial charge in [-0.3, -0.25) is 0 Å². The standard InChI is InChI=1S/C10H18F3NO/c11-10(12,13)8-14-6-3-5-9-4-1-2-7-15-9/h9,14H,1-8H2. The summed E-state index contributed by atoms with van der Waals surface area (Å²) >= 11 is 0. The number of nitrogens with one attached hydrogen (secondary N) is 1. The van der Waals surface area contributed by atoms with Gasteiger partial charge in [-0.15, -0.1) is 0 Å². The lowest BCUT2D eigenvalue weighted by atomic mass is 10.0. The molecule has 1 rings (SSSR count). The molecule has 1 fully saturated rings. The Morgan fingerprint density at radius 2 is 2.07 bits per heavy atom. The molecule has 90 valence electrons. The Bertz CT molecular complexity index is 167. The Morgan fingerprint density at radius 1 is 1.27 bits per heavy atom. The van der Waals surface area contributed by atoms with Crippen LogP contribution < -0.4 is 5.32 Å². The summed E-state index contributed by atoms with van der Waals surface area (Å²) in [5, 5.41) is 2.38. The maximum absolute atomic E-state index is 11.8. The van der Waals surface area contributed by atoms with Crippen LogP contribution in [-0.2, 0) is 4.74 Å². The molecule has 0 aliphatic carbocycles. The second-order valence-electron chi connectivity index (χ2n) is 3.92. The lowest BCUT2D eigenvalue weighted by molar-refractivity contribution is -0.124. The van der Waals surface area contributed by atoms with Gasteiger partial charge >= 0.3 is 6.18 Å². The first kappa shape index (κ1) is 12.8. The molecule has 15 heavy (non-hydrogen) atoms. The van der Waals surface area contributed by atoms with Gasteiger partial charge in [0.05, 0.1) is 12.6 Å². The van der Waals surface area contributed by atoms with Crippen molar-refractivity contribution < 1.29 is 17.9 Å². The summed E-state index contributed by atoms with van der Waals surface area (Å²) in [6.45, 7) is 0.332. The average molecular weight is 225 g/mol. The molecule has 1 aliphatic heterocycles. The summed E-state index contributed by atoms with van der Waals surface area (Å²) in [4.78, 5) is 0. The third-order valence-electron chi connectivity index (χ3n) is 2.48. The molecule has 1 aliphatic rings. The largest absolute Gasteiger partial charge is 0.401 e. The maximum atomic E-state index is 11.8. The minimum atomic E-state index is -4.10. The normalized spacial score (nSPS) is 23.0. The molecule has 1 N–H and O–H groups in total. The summed E-state index contributed by atoms with van der Waals surface area (Å²) in [5.74, 6) is 0. The SMILES string of the molecule is FC(F)(F)CNCCCC1CCCCO1. The van der Waals surface area contributed by atoms with E-state index in [-0.39, 0.29) is 6.10 Å². The second-order valence-corrected chi connectivity index (χ2v) is 3.92. The van der Waals surface area contributed by atoms with Crippen LogP contribution in [0.1, 0.15) is 32.1 Å². The lowest BCUT2D eigenvalue weighted by Gasteiger charge is -2.22. The highest BCUT2D eigenvalue weighted by Gasteiger charge is 2.25. The van der Waals surface area contributed by atoms with Crippen molar-refractivity contribution in [1.29, 1.82) is 0 Å². The van der Waals surface area contributed by atoms with Crippen LogP contribution in [0.3, 0.4) is 0 Å². The molecule has 0 aromatic heterocycles. The van der Waals surface area contributed by atoms with Crippen molar-refractivity contribution in [3.63, 3.8) is 0 Å². The van der Waals surface area contributed by atoms with Crippen LogP contribution in [0.4, 0.5) is 13.2 Å². The first-order valence-electron chi connectivity index (χ1n) is 5.47. The highest BCUT2D eigenvalue weighted by Crippen LogP contribution is 2.16. The predicted octanol–water partition coefficient (Wildman–Crippen LogP) is 2.49. The molecule has 0 amide bonds. The number of hydrogen-bond acceptors (Lipinski definition) is 2. The minimum absolute atomic E-state index is 0.270. The molecule has 1 heterocycles. The van der Waals surface area contributed by atoms with Crippen molar-refractivity contribution in [2.24, 2.45) is 0 Å². The summed E-state index contributed by atoms with van der Waals surface area (Å²) in [5.41, 5.74) is 0. The number of hydrogen-bond donors (Lipinski definition) is 1. The van der Waals surface area contributed by atoms with Gasteiger partial charge in [0, 0.05) is 6.61 Å². The van der Waals surface area contributed by atoms with E-state index in [0.29, 0.717) is 6.54 Å². The molecular weight excluding hydrogens is 207 g/mol.